The van der Waals surface area contributed by atoms with Crippen LogP contribution >= 0.6 is 9.24 Å². The van der Waals surface area contributed by atoms with Gasteiger partial charge in [-0.2, -0.15) is 0 Å². The minimum atomic E-state index is 0.651. The van der Waals surface area contributed by atoms with Gasteiger partial charge in [0.15, 0.2) is 0 Å². The van der Waals surface area contributed by atoms with Gasteiger partial charge in [-0.1, -0.05) is 46.0 Å². The van der Waals surface area contributed by atoms with Crippen molar-refractivity contribution in [2.45, 2.75) is 64.5 Å². The SMILES string of the molecule is BOCC(P)C(CCCC)CCCCC. The summed E-state index contributed by atoms with van der Waals surface area (Å²) in [5, 5.41) is 0. The molecule has 3 atom stereocenters. The normalized spacial score (nSPS) is 15.1. The summed E-state index contributed by atoms with van der Waals surface area (Å²) < 4.78 is 5.25. The molecule has 0 aromatic heterocycles. The second-order valence-corrected chi connectivity index (χ2v) is 5.37. The van der Waals surface area contributed by atoms with E-state index in [0.717, 1.165) is 12.5 Å². The van der Waals surface area contributed by atoms with Crippen molar-refractivity contribution in [2.75, 3.05) is 6.61 Å². The first-order chi connectivity index (χ1) is 7.26. The third-order valence-electron chi connectivity index (χ3n) is 3.07. The molecule has 0 aromatic carbocycles. The predicted molar refractivity (Wildman–Crippen MR) is 75.2 cm³/mol. The van der Waals surface area contributed by atoms with Crippen LogP contribution in [0.2, 0.25) is 0 Å². The van der Waals surface area contributed by atoms with Gasteiger partial charge in [-0.25, -0.2) is 0 Å². The summed E-state index contributed by atoms with van der Waals surface area (Å²) >= 11 is 0. The fraction of sp³-hybridized carbons (Fsp3) is 1.00. The maximum Gasteiger partial charge on any atom is 0.257 e. The first-order valence-electron chi connectivity index (χ1n) is 6.50. The van der Waals surface area contributed by atoms with Gasteiger partial charge in [0, 0.05) is 6.61 Å². The highest BCUT2D eigenvalue weighted by Gasteiger charge is 2.15. The summed E-state index contributed by atoms with van der Waals surface area (Å²) in [5.41, 5.74) is 0.651. The molecule has 0 spiro atoms. The van der Waals surface area contributed by atoms with Crippen molar-refractivity contribution >= 4 is 17.3 Å². The zero-order chi connectivity index (χ0) is 11.5. The molecule has 0 amide bonds. The van der Waals surface area contributed by atoms with Gasteiger partial charge in [0.1, 0.15) is 0 Å². The van der Waals surface area contributed by atoms with Crippen LogP contribution in [0.25, 0.3) is 0 Å². The van der Waals surface area contributed by atoms with Gasteiger partial charge in [-0.05, 0) is 24.4 Å². The molecule has 0 rings (SSSR count). The molecular formula is C12H28BOP. The van der Waals surface area contributed by atoms with Crippen molar-refractivity contribution in [1.82, 2.24) is 0 Å². The summed E-state index contributed by atoms with van der Waals surface area (Å²) in [7, 11) is 4.78. The highest BCUT2D eigenvalue weighted by molar-refractivity contribution is 7.17. The first-order valence-corrected chi connectivity index (χ1v) is 7.17. The summed E-state index contributed by atoms with van der Waals surface area (Å²) in [4.78, 5) is 0. The summed E-state index contributed by atoms with van der Waals surface area (Å²) in [5.74, 6) is 0.849. The van der Waals surface area contributed by atoms with Crippen LogP contribution in [0.15, 0.2) is 0 Å². The van der Waals surface area contributed by atoms with Crippen LogP contribution < -0.4 is 0 Å². The van der Waals surface area contributed by atoms with Gasteiger partial charge >= 0.3 is 0 Å². The maximum absolute atomic E-state index is 5.25. The molecule has 0 fully saturated rings. The Morgan fingerprint density at radius 3 is 2.20 bits per heavy atom. The number of hydrogen-bond acceptors (Lipinski definition) is 1. The molecular weight excluding hydrogens is 202 g/mol. The van der Waals surface area contributed by atoms with Crippen LogP contribution in [0.4, 0.5) is 0 Å². The van der Waals surface area contributed by atoms with Gasteiger partial charge in [0.05, 0.1) is 0 Å². The number of hydrogen-bond donors (Lipinski definition) is 0. The molecule has 0 bridgehead atoms. The molecule has 0 aromatic rings. The van der Waals surface area contributed by atoms with E-state index in [-0.39, 0.29) is 0 Å². The lowest BCUT2D eigenvalue weighted by molar-refractivity contribution is 0.287. The zero-order valence-corrected chi connectivity index (χ0v) is 12.0. The van der Waals surface area contributed by atoms with E-state index in [2.05, 4.69) is 23.1 Å². The highest BCUT2D eigenvalue weighted by atomic mass is 31.0. The van der Waals surface area contributed by atoms with Crippen LogP contribution in [-0.2, 0) is 4.65 Å². The smallest absolute Gasteiger partial charge is 0.257 e. The molecule has 0 heterocycles. The van der Waals surface area contributed by atoms with Crippen molar-refractivity contribution in [3.8, 4) is 0 Å². The molecule has 0 saturated carbocycles. The van der Waals surface area contributed by atoms with E-state index in [1.54, 1.807) is 8.05 Å². The van der Waals surface area contributed by atoms with E-state index >= 15 is 0 Å². The number of unbranched alkanes of at least 4 members (excludes halogenated alkanes) is 3. The van der Waals surface area contributed by atoms with Gasteiger partial charge in [-0.15, -0.1) is 9.24 Å². The zero-order valence-electron chi connectivity index (χ0n) is 10.8. The van der Waals surface area contributed by atoms with E-state index in [9.17, 15) is 0 Å². The number of rotatable bonds is 10. The summed E-state index contributed by atoms with van der Waals surface area (Å²) in [6.07, 6.45) is 9.53. The van der Waals surface area contributed by atoms with Crippen molar-refractivity contribution in [3.63, 3.8) is 0 Å². The van der Waals surface area contributed by atoms with Gasteiger partial charge in [0.2, 0.25) is 0 Å². The van der Waals surface area contributed by atoms with E-state index < -0.39 is 0 Å². The Morgan fingerprint density at radius 1 is 1.07 bits per heavy atom. The Kier molecular flexibility index (Phi) is 11.3. The Hall–Kier alpha value is 0.455. The van der Waals surface area contributed by atoms with Crippen molar-refractivity contribution in [3.05, 3.63) is 0 Å². The molecule has 15 heavy (non-hydrogen) atoms. The average molecular weight is 230 g/mol. The van der Waals surface area contributed by atoms with Crippen molar-refractivity contribution < 1.29 is 4.65 Å². The van der Waals surface area contributed by atoms with Gasteiger partial charge < -0.3 is 4.65 Å². The average Bonchev–Trinajstić information content (AvgIpc) is 2.23. The van der Waals surface area contributed by atoms with Gasteiger partial charge in [-0.3, -0.25) is 0 Å². The first kappa shape index (κ1) is 15.5. The standard InChI is InChI=1S/C12H28BOP/c1-3-5-7-9-11(8-6-4-2)12(15)10-14-13/h11-12H,3-10,13,15H2,1-2H3. The molecule has 0 radical (unpaired) electrons. The largest absolute Gasteiger partial charge is 0.443 e. The lowest BCUT2D eigenvalue weighted by Crippen LogP contribution is -2.20. The van der Waals surface area contributed by atoms with E-state index in [4.69, 9.17) is 4.65 Å². The van der Waals surface area contributed by atoms with E-state index in [1.165, 1.54) is 44.9 Å². The maximum atomic E-state index is 5.25. The van der Waals surface area contributed by atoms with Crippen LogP contribution in [0.3, 0.4) is 0 Å². The second kappa shape index (κ2) is 11.0. The topological polar surface area (TPSA) is 9.23 Å². The van der Waals surface area contributed by atoms with Crippen LogP contribution in [0.1, 0.15) is 58.8 Å². The predicted octanol–water partition coefficient (Wildman–Crippen LogP) is 3.18. The molecule has 0 saturated heterocycles. The molecule has 3 heteroatoms. The molecule has 3 unspecified atom stereocenters. The molecule has 0 N–H and O–H groups in total. The molecule has 1 nitrogen and oxygen atoms in total. The highest BCUT2D eigenvalue weighted by Crippen LogP contribution is 2.25. The molecule has 0 aliphatic carbocycles. The Morgan fingerprint density at radius 2 is 1.67 bits per heavy atom. The van der Waals surface area contributed by atoms with Gasteiger partial charge in [0.25, 0.3) is 8.05 Å². The minimum absolute atomic E-state index is 0.651. The monoisotopic (exact) mass is 230 g/mol. The van der Waals surface area contributed by atoms with Crippen LogP contribution in [0, 0.1) is 5.92 Å². The molecule has 90 valence electrons. The Labute approximate surface area is 99.4 Å². The summed E-state index contributed by atoms with van der Waals surface area (Å²) in [6.45, 7) is 5.44. The van der Waals surface area contributed by atoms with Crippen molar-refractivity contribution in [2.24, 2.45) is 5.92 Å². The lowest BCUT2D eigenvalue weighted by Gasteiger charge is -2.23. The minimum Gasteiger partial charge on any atom is -0.443 e. The Balaban J connectivity index is 3.81. The third kappa shape index (κ3) is 8.28. The quantitative estimate of drug-likeness (QED) is 0.318. The second-order valence-electron chi connectivity index (χ2n) is 4.52. The molecule has 0 aliphatic rings. The van der Waals surface area contributed by atoms with E-state index in [0.29, 0.717) is 5.66 Å². The van der Waals surface area contributed by atoms with Crippen molar-refractivity contribution in [1.29, 1.82) is 0 Å². The lowest BCUT2D eigenvalue weighted by atomic mass is 9.92. The Bertz CT molecular complexity index is 133. The molecule has 0 aliphatic heterocycles. The van der Waals surface area contributed by atoms with Crippen LogP contribution in [-0.4, -0.2) is 20.3 Å². The third-order valence-corrected chi connectivity index (χ3v) is 3.81. The fourth-order valence-corrected chi connectivity index (χ4v) is 2.60. The summed E-state index contributed by atoms with van der Waals surface area (Å²) in [6, 6.07) is 0. The van der Waals surface area contributed by atoms with Crippen LogP contribution in [0.5, 0.6) is 0 Å². The van der Waals surface area contributed by atoms with E-state index in [1.807, 2.05) is 0 Å². The fourth-order valence-electron chi connectivity index (χ4n) is 2.02.